The van der Waals surface area contributed by atoms with Crippen molar-refractivity contribution in [2.24, 2.45) is 5.73 Å². The van der Waals surface area contributed by atoms with Gasteiger partial charge in [-0.2, -0.15) is 0 Å². The van der Waals surface area contributed by atoms with Crippen LogP contribution < -0.4 is 10.5 Å². The molecule has 1 aliphatic rings. The first-order chi connectivity index (χ1) is 9.15. The number of hydrogen-bond donors (Lipinski definition) is 2. The van der Waals surface area contributed by atoms with E-state index in [1.165, 1.54) is 0 Å². The normalized spacial score (nSPS) is 15.6. The molecule has 1 fully saturated rings. The Balaban J connectivity index is 0.00000200. The predicted octanol–water partition coefficient (Wildman–Crippen LogP) is 1.85. The molecule has 112 valence electrons. The molecule has 3 N–H and O–H groups in total. The number of guanidine groups is 1. The molecule has 0 aromatic heterocycles. The number of piperazine rings is 1. The van der Waals surface area contributed by atoms with Crippen molar-refractivity contribution in [3.63, 3.8) is 0 Å². The molecule has 2 rings (SSSR count). The third kappa shape index (κ3) is 5.34. The summed E-state index contributed by atoms with van der Waals surface area (Å²) in [5.41, 5.74) is 5.46. The van der Waals surface area contributed by atoms with E-state index in [0.29, 0.717) is 11.6 Å². The molecular formula is C13H20ClIN4O. The zero-order chi connectivity index (χ0) is 13.7. The monoisotopic (exact) mass is 410 g/mol. The highest BCUT2D eigenvalue weighted by molar-refractivity contribution is 14.0. The first-order valence-corrected chi connectivity index (χ1v) is 6.72. The Hall–Kier alpha value is -0.730. The summed E-state index contributed by atoms with van der Waals surface area (Å²) in [7, 11) is 0. The molecule has 0 atom stereocenters. The molecule has 5 nitrogen and oxygen atoms in total. The van der Waals surface area contributed by atoms with Crippen LogP contribution in [-0.4, -0.2) is 55.1 Å². The van der Waals surface area contributed by atoms with Crippen LogP contribution in [0.1, 0.15) is 0 Å². The maximum atomic E-state index is 7.37. The fourth-order valence-corrected chi connectivity index (χ4v) is 2.16. The van der Waals surface area contributed by atoms with Gasteiger partial charge in [0, 0.05) is 37.7 Å². The summed E-state index contributed by atoms with van der Waals surface area (Å²) in [6.45, 7) is 5.01. The molecule has 0 unspecified atom stereocenters. The molecule has 1 saturated heterocycles. The molecule has 1 aromatic rings. The van der Waals surface area contributed by atoms with Gasteiger partial charge < -0.3 is 15.4 Å². The van der Waals surface area contributed by atoms with Crippen molar-refractivity contribution in [1.82, 2.24) is 9.80 Å². The Kier molecular flexibility index (Phi) is 7.39. The molecule has 1 aromatic carbocycles. The maximum absolute atomic E-state index is 7.37. The SMILES string of the molecule is I.N=C(N)N1CCN(CCOc2ccc(Cl)cc2)CC1. The van der Waals surface area contributed by atoms with Crippen LogP contribution in [0.2, 0.25) is 5.02 Å². The first kappa shape index (κ1) is 17.3. The molecule has 0 radical (unpaired) electrons. The molecule has 0 spiro atoms. The summed E-state index contributed by atoms with van der Waals surface area (Å²) >= 11 is 5.81. The Labute approximate surface area is 141 Å². The molecule has 0 saturated carbocycles. The zero-order valence-corrected chi connectivity index (χ0v) is 14.3. The van der Waals surface area contributed by atoms with E-state index in [9.17, 15) is 0 Å². The van der Waals surface area contributed by atoms with Crippen molar-refractivity contribution in [2.45, 2.75) is 0 Å². The fourth-order valence-electron chi connectivity index (χ4n) is 2.04. The van der Waals surface area contributed by atoms with E-state index in [-0.39, 0.29) is 29.9 Å². The van der Waals surface area contributed by atoms with Gasteiger partial charge in [0.25, 0.3) is 0 Å². The lowest BCUT2D eigenvalue weighted by atomic mass is 10.3. The average Bonchev–Trinajstić information content (AvgIpc) is 2.41. The van der Waals surface area contributed by atoms with Crippen molar-refractivity contribution in [1.29, 1.82) is 5.41 Å². The largest absolute Gasteiger partial charge is 0.492 e. The number of rotatable bonds is 4. The van der Waals surface area contributed by atoms with E-state index in [2.05, 4.69) is 4.90 Å². The Bertz CT molecular complexity index is 421. The maximum Gasteiger partial charge on any atom is 0.188 e. The summed E-state index contributed by atoms with van der Waals surface area (Å²) in [6, 6.07) is 7.39. The Morgan fingerprint density at radius 2 is 1.80 bits per heavy atom. The number of nitrogens with two attached hydrogens (primary N) is 1. The molecule has 7 heteroatoms. The first-order valence-electron chi connectivity index (χ1n) is 6.35. The van der Waals surface area contributed by atoms with Gasteiger partial charge in [0.2, 0.25) is 0 Å². The van der Waals surface area contributed by atoms with Crippen LogP contribution in [0, 0.1) is 5.41 Å². The summed E-state index contributed by atoms with van der Waals surface area (Å²) in [6.07, 6.45) is 0. The second kappa shape index (κ2) is 8.53. The summed E-state index contributed by atoms with van der Waals surface area (Å²) in [4.78, 5) is 4.20. The van der Waals surface area contributed by atoms with Gasteiger partial charge in [0.15, 0.2) is 5.96 Å². The van der Waals surface area contributed by atoms with Crippen LogP contribution in [0.5, 0.6) is 5.75 Å². The lowest BCUT2D eigenvalue weighted by molar-refractivity contribution is 0.153. The molecule has 0 aliphatic carbocycles. The Morgan fingerprint density at radius 1 is 1.20 bits per heavy atom. The molecule has 1 heterocycles. The number of nitrogens with zero attached hydrogens (tertiary/aromatic N) is 2. The van der Waals surface area contributed by atoms with Crippen LogP contribution >= 0.6 is 35.6 Å². The van der Waals surface area contributed by atoms with Crippen LogP contribution in [0.15, 0.2) is 24.3 Å². The summed E-state index contributed by atoms with van der Waals surface area (Å²) < 4.78 is 5.66. The second-order valence-electron chi connectivity index (χ2n) is 4.52. The number of ether oxygens (including phenoxy) is 1. The quantitative estimate of drug-likeness (QED) is 0.452. The minimum atomic E-state index is 0. The molecule has 20 heavy (non-hydrogen) atoms. The second-order valence-corrected chi connectivity index (χ2v) is 4.95. The fraction of sp³-hybridized carbons (Fsp3) is 0.462. The number of benzene rings is 1. The van der Waals surface area contributed by atoms with Crippen molar-refractivity contribution in [3.05, 3.63) is 29.3 Å². The van der Waals surface area contributed by atoms with Gasteiger partial charge in [-0.25, -0.2) is 0 Å². The van der Waals surface area contributed by atoms with Crippen LogP contribution in [-0.2, 0) is 0 Å². The van der Waals surface area contributed by atoms with E-state index in [1.807, 2.05) is 29.2 Å². The zero-order valence-electron chi connectivity index (χ0n) is 11.2. The van der Waals surface area contributed by atoms with Crippen LogP contribution in [0.25, 0.3) is 0 Å². The van der Waals surface area contributed by atoms with Gasteiger partial charge in [-0.05, 0) is 24.3 Å². The van der Waals surface area contributed by atoms with Gasteiger partial charge in [-0.1, -0.05) is 11.6 Å². The van der Waals surface area contributed by atoms with E-state index >= 15 is 0 Å². The number of halogens is 2. The van der Waals surface area contributed by atoms with E-state index in [1.54, 1.807) is 0 Å². The lowest BCUT2D eigenvalue weighted by Crippen LogP contribution is -2.51. The summed E-state index contributed by atoms with van der Waals surface area (Å²) in [5.74, 6) is 1.00. The molecule has 1 aliphatic heterocycles. The highest BCUT2D eigenvalue weighted by Crippen LogP contribution is 2.15. The van der Waals surface area contributed by atoms with Crippen LogP contribution in [0.4, 0.5) is 0 Å². The van der Waals surface area contributed by atoms with Crippen molar-refractivity contribution in [3.8, 4) is 5.75 Å². The van der Waals surface area contributed by atoms with Crippen molar-refractivity contribution in [2.75, 3.05) is 39.3 Å². The van der Waals surface area contributed by atoms with Crippen molar-refractivity contribution >= 4 is 41.5 Å². The van der Waals surface area contributed by atoms with Gasteiger partial charge in [-0.3, -0.25) is 10.3 Å². The smallest absolute Gasteiger partial charge is 0.188 e. The van der Waals surface area contributed by atoms with E-state index in [4.69, 9.17) is 27.5 Å². The molecule has 0 amide bonds. The van der Waals surface area contributed by atoms with Gasteiger partial charge in [0.05, 0.1) is 0 Å². The number of nitrogens with one attached hydrogen (secondary N) is 1. The topological polar surface area (TPSA) is 65.6 Å². The predicted molar refractivity (Wildman–Crippen MR) is 92.3 cm³/mol. The number of hydrogen-bond acceptors (Lipinski definition) is 3. The molecular weight excluding hydrogens is 391 g/mol. The van der Waals surface area contributed by atoms with Gasteiger partial charge in [0.1, 0.15) is 12.4 Å². The standard InChI is InChI=1S/C13H19ClN4O.HI/c14-11-1-3-12(4-2-11)19-10-9-17-5-7-18(8-6-17)13(15)16;/h1-4H,5-10H2,(H3,15,16);1H. The van der Waals surface area contributed by atoms with E-state index < -0.39 is 0 Å². The highest BCUT2D eigenvalue weighted by Gasteiger charge is 2.16. The third-order valence-corrected chi connectivity index (χ3v) is 3.45. The van der Waals surface area contributed by atoms with Crippen molar-refractivity contribution < 1.29 is 4.74 Å². The molecule has 0 bridgehead atoms. The summed E-state index contributed by atoms with van der Waals surface area (Å²) in [5, 5.41) is 8.09. The Morgan fingerprint density at radius 3 is 2.35 bits per heavy atom. The lowest BCUT2D eigenvalue weighted by Gasteiger charge is -2.34. The minimum Gasteiger partial charge on any atom is -0.492 e. The highest BCUT2D eigenvalue weighted by atomic mass is 127. The van der Waals surface area contributed by atoms with E-state index in [0.717, 1.165) is 38.5 Å². The average molecular weight is 411 g/mol. The minimum absolute atomic E-state index is 0. The van der Waals surface area contributed by atoms with Gasteiger partial charge >= 0.3 is 0 Å². The van der Waals surface area contributed by atoms with Gasteiger partial charge in [-0.15, -0.1) is 24.0 Å². The van der Waals surface area contributed by atoms with Crippen LogP contribution in [0.3, 0.4) is 0 Å². The third-order valence-electron chi connectivity index (χ3n) is 3.20.